The molecule has 1 aliphatic heterocycles. The highest BCUT2D eigenvalue weighted by molar-refractivity contribution is 5.66. The topological polar surface area (TPSA) is 104 Å². The number of nitrogens with zero attached hydrogens (tertiary/aromatic N) is 5. The molecule has 5 rings (SSSR count). The zero-order valence-electron chi connectivity index (χ0n) is 17.5. The number of allylic oxidation sites excluding steroid dienone is 2. The van der Waals surface area contributed by atoms with Gasteiger partial charge in [0.15, 0.2) is 11.8 Å². The van der Waals surface area contributed by atoms with Crippen LogP contribution in [0.25, 0.3) is 0 Å². The van der Waals surface area contributed by atoms with Gasteiger partial charge in [0.25, 0.3) is 0 Å². The number of ether oxygens (including phenoxy) is 1. The van der Waals surface area contributed by atoms with Gasteiger partial charge in [0.2, 0.25) is 5.95 Å². The lowest BCUT2D eigenvalue weighted by molar-refractivity contribution is -0.148. The number of hydrogen-bond acceptors (Lipinski definition) is 8. The third-order valence-electron chi connectivity index (χ3n) is 6.50. The predicted molar refractivity (Wildman–Crippen MR) is 113 cm³/mol. The van der Waals surface area contributed by atoms with Gasteiger partial charge < -0.3 is 19.8 Å². The van der Waals surface area contributed by atoms with Gasteiger partial charge in [-0.1, -0.05) is 12.2 Å². The number of hydrogen-bond donors (Lipinski definition) is 2. The molecule has 2 bridgehead atoms. The molecular weight excluding hydrogens is 398 g/mol. The first-order chi connectivity index (χ1) is 15.0. The van der Waals surface area contributed by atoms with Crippen molar-refractivity contribution in [1.29, 1.82) is 0 Å². The highest BCUT2D eigenvalue weighted by atomic mass is 16.5. The van der Waals surface area contributed by atoms with E-state index in [2.05, 4.69) is 31.9 Å². The Hall–Kier alpha value is -3.07. The number of carbonyl (C=O) groups is 1. The van der Waals surface area contributed by atoms with E-state index in [1.807, 2.05) is 0 Å². The van der Waals surface area contributed by atoms with E-state index in [1.54, 1.807) is 18.5 Å². The summed E-state index contributed by atoms with van der Waals surface area (Å²) in [5.74, 6) is 0.848. The van der Waals surface area contributed by atoms with Gasteiger partial charge in [0, 0.05) is 75.0 Å². The normalized spacial score (nSPS) is 23.2. The Bertz CT molecular complexity index is 962. The van der Waals surface area contributed by atoms with E-state index in [0.717, 1.165) is 49.7 Å². The lowest BCUT2D eigenvalue weighted by Crippen LogP contribution is -2.50. The quantitative estimate of drug-likeness (QED) is 0.531. The Morgan fingerprint density at radius 2 is 1.68 bits per heavy atom. The van der Waals surface area contributed by atoms with Gasteiger partial charge in [0.05, 0.1) is 6.54 Å². The lowest BCUT2D eigenvalue weighted by atomic mass is 10.0. The lowest BCUT2D eigenvalue weighted by Gasteiger charge is -2.36. The van der Waals surface area contributed by atoms with E-state index >= 15 is 0 Å². The van der Waals surface area contributed by atoms with E-state index in [9.17, 15) is 15.0 Å². The van der Waals surface area contributed by atoms with Crippen LogP contribution in [0.15, 0.2) is 30.6 Å². The largest absolute Gasteiger partial charge is 0.494 e. The Kier molecular flexibility index (Phi) is 5.05. The van der Waals surface area contributed by atoms with Crippen LogP contribution in [0.3, 0.4) is 0 Å². The van der Waals surface area contributed by atoms with Crippen molar-refractivity contribution in [2.75, 3.05) is 37.6 Å². The van der Waals surface area contributed by atoms with Gasteiger partial charge in [-0.2, -0.15) is 0 Å². The molecule has 2 aliphatic carbocycles. The van der Waals surface area contributed by atoms with Gasteiger partial charge in [0.1, 0.15) is 6.10 Å². The standard InChI is InChI=1S/C22H27N5O4/c1-14(28)31-17(12-25-7-9-26(10-8-25)22-23-5-2-6-24-22)13-27-20(29)18-15-3-4-16(11-15)19(18)21(27)30/h2-6,15-17,29-30H,7-13H2,1H3/t15-,16?,17?/m0/s1. The van der Waals surface area contributed by atoms with E-state index in [0.29, 0.717) is 6.54 Å². The molecule has 3 heterocycles. The van der Waals surface area contributed by atoms with Crippen LogP contribution in [0, 0.1) is 0 Å². The second kappa shape index (κ2) is 7.88. The van der Waals surface area contributed by atoms with Crippen LogP contribution in [-0.4, -0.2) is 74.4 Å². The Labute approximate surface area is 180 Å². The van der Waals surface area contributed by atoms with Gasteiger partial charge in [-0.05, 0) is 12.5 Å². The molecule has 1 fully saturated rings. The van der Waals surface area contributed by atoms with Crippen LogP contribution in [0.1, 0.15) is 36.3 Å². The molecule has 2 aromatic rings. The monoisotopic (exact) mass is 425 g/mol. The molecule has 9 nitrogen and oxygen atoms in total. The number of aromatic hydroxyl groups is 2. The first-order valence-corrected chi connectivity index (χ1v) is 10.7. The van der Waals surface area contributed by atoms with Crippen molar-refractivity contribution in [3.63, 3.8) is 0 Å². The van der Waals surface area contributed by atoms with Crippen LogP contribution < -0.4 is 4.90 Å². The zero-order valence-corrected chi connectivity index (χ0v) is 17.5. The van der Waals surface area contributed by atoms with Crippen molar-refractivity contribution < 1.29 is 19.7 Å². The highest BCUT2D eigenvalue weighted by Gasteiger charge is 2.41. The van der Waals surface area contributed by atoms with Crippen LogP contribution in [0.2, 0.25) is 0 Å². The van der Waals surface area contributed by atoms with Gasteiger partial charge >= 0.3 is 5.97 Å². The number of rotatable bonds is 6. The predicted octanol–water partition coefficient (Wildman–Crippen LogP) is 1.58. The van der Waals surface area contributed by atoms with Gasteiger partial charge in [-0.15, -0.1) is 0 Å². The van der Waals surface area contributed by atoms with Gasteiger partial charge in [-0.25, -0.2) is 9.97 Å². The second-order valence-corrected chi connectivity index (χ2v) is 8.49. The Balaban J connectivity index is 1.27. The first kappa shape index (κ1) is 19.9. The number of anilines is 1. The summed E-state index contributed by atoms with van der Waals surface area (Å²) in [6, 6.07) is 1.80. The minimum atomic E-state index is -0.480. The molecule has 1 saturated heterocycles. The van der Waals surface area contributed by atoms with E-state index < -0.39 is 6.10 Å². The summed E-state index contributed by atoms with van der Waals surface area (Å²) in [6.45, 7) is 5.24. The molecule has 3 atom stereocenters. The third kappa shape index (κ3) is 3.63. The van der Waals surface area contributed by atoms with Crippen LogP contribution >= 0.6 is 0 Å². The first-order valence-electron chi connectivity index (χ1n) is 10.7. The van der Waals surface area contributed by atoms with E-state index in [-0.39, 0.29) is 36.1 Å². The summed E-state index contributed by atoms with van der Waals surface area (Å²) in [5.41, 5.74) is 1.64. The molecule has 164 valence electrons. The smallest absolute Gasteiger partial charge is 0.303 e. The molecule has 9 heteroatoms. The SMILES string of the molecule is CC(=O)OC(CN1CCN(c2ncccn2)CC1)Cn1c(O)c2c(c1O)[C@H]1C=CC2C1. The summed E-state index contributed by atoms with van der Waals surface area (Å²) in [5, 5.41) is 21.6. The zero-order chi connectivity index (χ0) is 21.5. The molecule has 0 aromatic carbocycles. The maximum Gasteiger partial charge on any atom is 0.303 e. The molecule has 2 aromatic heterocycles. The maximum atomic E-state index is 11.7. The molecular formula is C22H27N5O4. The van der Waals surface area contributed by atoms with Crippen molar-refractivity contribution in [3.05, 3.63) is 41.7 Å². The van der Waals surface area contributed by atoms with Crippen molar-refractivity contribution in [3.8, 4) is 11.8 Å². The minimum Gasteiger partial charge on any atom is -0.494 e. The van der Waals surface area contributed by atoms with Gasteiger partial charge in [-0.3, -0.25) is 14.3 Å². The Morgan fingerprint density at radius 3 is 2.26 bits per heavy atom. The summed E-state index contributed by atoms with van der Waals surface area (Å²) >= 11 is 0. The number of fused-ring (bicyclic) bond motifs is 5. The average molecular weight is 425 g/mol. The fraction of sp³-hybridized carbons (Fsp3) is 0.500. The molecule has 2 N–H and O–H groups in total. The molecule has 3 aliphatic rings. The summed E-state index contributed by atoms with van der Waals surface area (Å²) in [6.07, 6.45) is 8.09. The molecule has 0 amide bonds. The second-order valence-electron chi connectivity index (χ2n) is 8.49. The van der Waals surface area contributed by atoms with Crippen molar-refractivity contribution >= 4 is 11.9 Å². The highest BCUT2D eigenvalue weighted by Crippen LogP contribution is 2.56. The molecule has 31 heavy (non-hydrogen) atoms. The number of esters is 1. The number of carbonyl (C=O) groups excluding carboxylic acids is 1. The maximum absolute atomic E-state index is 11.7. The van der Waals surface area contributed by atoms with Crippen molar-refractivity contribution in [2.45, 2.75) is 37.8 Å². The fourth-order valence-corrected chi connectivity index (χ4v) is 5.11. The average Bonchev–Trinajstić information content (AvgIpc) is 3.45. The molecule has 2 unspecified atom stereocenters. The third-order valence-corrected chi connectivity index (χ3v) is 6.50. The Morgan fingerprint density at radius 1 is 1.06 bits per heavy atom. The number of piperazine rings is 1. The number of aromatic nitrogens is 3. The fourth-order valence-electron chi connectivity index (χ4n) is 5.11. The summed E-state index contributed by atoms with van der Waals surface area (Å²) < 4.78 is 7.07. The van der Waals surface area contributed by atoms with Crippen LogP contribution in [0.4, 0.5) is 5.95 Å². The van der Waals surface area contributed by atoms with Crippen LogP contribution in [-0.2, 0) is 16.1 Å². The van der Waals surface area contributed by atoms with Crippen molar-refractivity contribution in [2.24, 2.45) is 0 Å². The van der Waals surface area contributed by atoms with E-state index in [4.69, 9.17) is 4.74 Å². The molecule has 0 radical (unpaired) electrons. The van der Waals surface area contributed by atoms with E-state index in [1.165, 1.54) is 11.5 Å². The summed E-state index contributed by atoms with van der Waals surface area (Å²) in [7, 11) is 0. The van der Waals surface area contributed by atoms with Crippen molar-refractivity contribution in [1.82, 2.24) is 19.4 Å². The summed E-state index contributed by atoms with van der Waals surface area (Å²) in [4.78, 5) is 24.7. The molecule has 0 spiro atoms. The minimum absolute atomic E-state index is 0.0903. The van der Waals surface area contributed by atoms with Crippen LogP contribution in [0.5, 0.6) is 11.8 Å². The molecule has 0 saturated carbocycles.